The van der Waals surface area contributed by atoms with Crippen LogP contribution in [0.1, 0.15) is 41.5 Å². The van der Waals surface area contributed by atoms with E-state index in [0.29, 0.717) is 21.7 Å². The summed E-state index contributed by atoms with van der Waals surface area (Å²) in [4.78, 5) is 12.2. The lowest BCUT2D eigenvalue weighted by Crippen LogP contribution is -2.23. The third-order valence-electron chi connectivity index (χ3n) is 2.98. The first-order valence-corrected chi connectivity index (χ1v) is 8.32. The Kier molecular flexibility index (Phi) is 5.46. The molecule has 0 aliphatic heterocycles. The Balaban J connectivity index is 2.08. The van der Waals surface area contributed by atoms with E-state index in [2.05, 4.69) is 47.4 Å². The predicted molar refractivity (Wildman–Crippen MR) is 90.7 cm³/mol. The molecule has 0 spiro atoms. The fourth-order valence-corrected chi connectivity index (χ4v) is 3.35. The second-order valence-electron chi connectivity index (χ2n) is 4.87. The van der Waals surface area contributed by atoms with Crippen molar-refractivity contribution >= 4 is 49.4 Å². The topological polar surface area (TPSA) is 57.8 Å². The van der Waals surface area contributed by atoms with Crippen LogP contribution < -0.4 is 5.32 Å². The molecule has 0 radical (unpaired) electrons. The third-order valence-corrected chi connectivity index (χ3v) is 4.63. The number of carbonyl (C=O) groups excluding carboxylic acids is 1. The average molecular weight is 436 g/mol. The molecule has 0 saturated carbocycles. The third kappa shape index (κ3) is 3.87. The van der Waals surface area contributed by atoms with Crippen LogP contribution in [0.4, 0.5) is 0 Å². The van der Waals surface area contributed by atoms with E-state index < -0.39 is 0 Å². The monoisotopic (exact) mass is 433 g/mol. The molecule has 4 nitrogen and oxygen atoms in total. The quantitative estimate of drug-likeness (QED) is 0.735. The molecule has 112 valence electrons. The number of carbonyl (C=O) groups is 1. The summed E-state index contributed by atoms with van der Waals surface area (Å²) in [6.45, 7) is 4.41. The first kappa shape index (κ1) is 16.5. The molecule has 1 heterocycles. The number of aromatic amines is 1. The minimum atomic E-state index is -0.246. The molecule has 2 N–H and O–H groups in total. The van der Waals surface area contributed by atoms with Gasteiger partial charge < -0.3 is 5.32 Å². The predicted octanol–water partition coefficient (Wildman–Crippen LogP) is 4.64. The molecule has 2 rings (SSSR count). The molecule has 0 aliphatic rings. The van der Waals surface area contributed by atoms with E-state index in [-0.39, 0.29) is 11.8 Å². The second kappa shape index (κ2) is 6.94. The van der Waals surface area contributed by atoms with Crippen molar-refractivity contribution in [3.05, 3.63) is 49.1 Å². The van der Waals surface area contributed by atoms with Crippen LogP contribution in [-0.4, -0.2) is 16.1 Å². The standard InChI is InChI=1S/C14H14Br2ClN3O/c1-7(2)12-11(16)13(20-19-12)14(21)18-6-8-3-4-9(15)5-10(8)17/h3-5,7H,6H2,1-2H3,(H,18,21)(H,19,20). The first-order valence-electron chi connectivity index (χ1n) is 6.36. The van der Waals surface area contributed by atoms with Crippen molar-refractivity contribution in [3.8, 4) is 0 Å². The van der Waals surface area contributed by atoms with Crippen LogP contribution >= 0.6 is 43.5 Å². The largest absolute Gasteiger partial charge is 0.346 e. The maximum Gasteiger partial charge on any atom is 0.273 e. The number of amides is 1. The van der Waals surface area contributed by atoms with E-state index in [1.54, 1.807) is 6.07 Å². The fraction of sp³-hybridized carbons (Fsp3) is 0.286. The average Bonchev–Trinajstić information content (AvgIpc) is 2.79. The van der Waals surface area contributed by atoms with Crippen LogP contribution in [0.2, 0.25) is 5.02 Å². The Morgan fingerprint density at radius 2 is 2.14 bits per heavy atom. The lowest BCUT2D eigenvalue weighted by molar-refractivity contribution is 0.0945. The van der Waals surface area contributed by atoms with Crippen molar-refractivity contribution in [3.63, 3.8) is 0 Å². The highest BCUT2D eigenvalue weighted by Gasteiger charge is 2.19. The molecule has 0 fully saturated rings. The van der Waals surface area contributed by atoms with Crippen molar-refractivity contribution in [2.24, 2.45) is 0 Å². The van der Waals surface area contributed by atoms with Crippen LogP contribution in [0.15, 0.2) is 27.1 Å². The summed E-state index contributed by atoms with van der Waals surface area (Å²) in [5.74, 6) is 0.0124. The van der Waals surface area contributed by atoms with E-state index in [0.717, 1.165) is 15.7 Å². The molecule has 0 saturated heterocycles. The maximum atomic E-state index is 12.2. The van der Waals surface area contributed by atoms with Crippen LogP contribution in [0, 0.1) is 0 Å². The van der Waals surface area contributed by atoms with Crippen molar-refractivity contribution in [1.29, 1.82) is 0 Å². The van der Waals surface area contributed by atoms with E-state index in [1.807, 2.05) is 26.0 Å². The highest BCUT2D eigenvalue weighted by atomic mass is 79.9. The van der Waals surface area contributed by atoms with Crippen molar-refractivity contribution in [1.82, 2.24) is 15.5 Å². The molecule has 0 atom stereocenters. The van der Waals surface area contributed by atoms with Gasteiger partial charge in [-0.1, -0.05) is 47.4 Å². The second-order valence-corrected chi connectivity index (χ2v) is 6.99. The number of hydrogen-bond acceptors (Lipinski definition) is 2. The van der Waals surface area contributed by atoms with Crippen molar-refractivity contribution < 1.29 is 4.79 Å². The zero-order valence-electron chi connectivity index (χ0n) is 11.5. The Labute approximate surface area is 144 Å². The number of aromatic nitrogens is 2. The van der Waals surface area contributed by atoms with Gasteiger partial charge in [-0.05, 0) is 39.5 Å². The SMILES string of the molecule is CC(C)c1[nH]nc(C(=O)NCc2ccc(Br)cc2Cl)c1Br. The number of nitrogens with zero attached hydrogens (tertiary/aromatic N) is 1. The summed E-state index contributed by atoms with van der Waals surface area (Å²) in [7, 11) is 0. The summed E-state index contributed by atoms with van der Waals surface area (Å²) in [5.41, 5.74) is 2.11. The molecule has 1 aromatic heterocycles. The molecule has 1 amide bonds. The first-order chi connectivity index (χ1) is 9.90. The Hall–Kier alpha value is -0.850. The Bertz CT molecular complexity index is 670. The van der Waals surface area contributed by atoms with Gasteiger partial charge in [-0.3, -0.25) is 9.89 Å². The number of hydrogen-bond donors (Lipinski definition) is 2. The summed E-state index contributed by atoms with van der Waals surface area (Å²) >= 11 is 12.9. The van der Waals surface area contributed by atoms with Crippen LogP contribution in [0.25, 0.3) is 0 Å². The van der Waals surface area contributed by atoms with Gasteiger partial charge in [-0.25, -0.2) is 0 Å². The Morgan fingerprint density at radius 3 is 2.71 bits per heavy atom. The highest BCUT2D eigenvalue weighted by molar-refractivity contribution is 9.10. The lowest BCUT2D eigenvalue weighted by atomic mass is 10.1. The summed E-state index contributed by atoms with van der Waals surface area (Å²) in [6.07, 6.45) is 0. The molecular formula is C14H14Br2ClN3O. The summed E-state index contributed by atoms with van der Waals surface area (Å²) < 4.78 is 1.61. The number of rotatable bonds is 4. The molecule has 21 heavy (non-hydrogen) atoms. The van der Waals surface area contributed by atoms with Gasteiger partial charge in [0.2, 0.25) is 0 Å². The van der Waals surface area contributed by atoms with Gasteiger partial charge in [-0.2, -0.15) is 5.10 Å². The van der Waals surface area contributed by atoms with Crippen LogP contribution in [-0.2, 0) is 6.54 Å². The van der Waals surface area contributed by atoms with E-state index in [9.17, 15) is 4.79 Å². The highest BCUT2D eigenvalue weighted by Crippen LogP contribution is 2.26. The van der Waals surface area contributed by atoms with Gasteiger partial charge in [0.25, 0.3) is 5.91 Å². The van der Waals surface area contributed by atoms with E-state index in [1.165, 1.54) is 0 Å². The Morgan fingerprint density at radius 1 is 1.43 bits per heavy atom. The molecule has 1 aromatic carbocycles. The molecule has 2 aromatic rings. The number of benzene rings is 1. The summed E-state index contributed by atoms with van der Waals surface area (Å²) in [6, 6.07) is 5.55. The number of H-pyrrole nitrogens is 1. The van der Waals surface area contributed by atoms with Gasteiger partial charge in [0.15, 0.2) is 5.69 Å². The van der Waals surface area contributed by atoms with Gasteiger partial charge in [0.05, 0.1) is 10.2 Å². The van der Waals surface area contributed by atoms with Gasteiger partial charge in [0.1, 0.15) is 0 Å². The molecule has 7 heteroatoms. The van der Waals surface area contributed by atoms with E-state index in [4.69, 9.17) is 11.6 Å². The fourth-order valence-electron chi connectivity index (χ4n) is 1.80. The van der Waals surface area contributed by atoms with Gasteiger partial charge in [-0.15, -0.1) is 0 Å². The number of nitrogens with one attached hydrogen (secondary N) is 2. The molecule has 0 aliphatic carbocycles. The zero-order chi connectivity index (χ0) is 15.6. The minimum Gasteiger partial charge on any atom is -0.346 e. The normalized spacial score (nSPS) is 11.0. The van der Waals surface area contributed by atoms with Crippen molar-refractivity contribution in [2.45, 2.75) is 26.3 Å². The molecule has 0 unspecified atom stereocenters. The van der Waals surface area contributed by atoms with Gasteiger partial charge >= 0.3 is 0 Å². The van der Waals surface area contributed by atoms with Crippen LogP contribution in [0.3, 0.4) is 0 Å². The smallest absolute Gasteiger partial charge is 0.273 e. The van der Waals surface area contributed by atoms with Crippen molar-refractivity contribution in [2.75, 3.05) is 0 Å². The number of halogens is 3. The maximum absolute atomic E-state index is 12.2. The molecule has 0 bridgehead atoms. The van der Waals surface area contributed by atoms with Crippen LogP contribution in [0.5, 0.6) is 0 Å². The minimum absolute atomic E-state index is 0.246. The molecular weight excluding hydrogens is 421 g/mol. The lowest BCUT2D eigenvalue weighted by Gasteiger charge is -2.07. The van der Waals surface area contributed by atoms with E-state index >= 15 is 0 Å². The zero-order valence-corrected chi connectivity index (χ0v) is 15.4. The van der Waals surface area contributed by atoms with Gasteiger partial charge in [0, 0.05) is 16.0 Å². The summed E-state index contributed by atoms with van der Waals surface area (Å²) in [5, 5.41) is 10.4.